The van der Waals surface area contributed by atoms with E-state index in [0.717, 1.165) is 5.56 Å². The van der Waals surface area contributed by atoms with Crippen LogP contribution in [0.2, 0.25) is 0 Å². The second kappa shape index (κ2) is 23.7. The normalized spacial score (nSPS) is 40.9. The van der Waals surface area contributed by atoms with Gasteiger partial charge in [-0.3, -0.25) is 24.0 Å². The van der Waals surface area contributed by atoms with E-state index in [-0.39, 0.29) is 37.2 Å². The lowest BCUT2D eigenvalue weighted by Gasteiger charge is -2.50. The number of fused-ring (bicyclic) bond motifs is 1. The quantitative estimate of drug-likeness (QED) is 0.141. The molecule has 4 fully saturated rings. The average Bonchev–Trinajstić information content (AvgIpc) is 3.57. The molecule has 0 radical (unpaired) electrons. The van der Waals surface area contributed by atoms with Gasteiger partial charge in [-0.15, -0.1) is 11.8 Å². The van der Waals surface area contributed by atoms with Crippen LogP contribution in [0.5, 0.6) is 5.75 Å². The van der Waals surface area contributed by atoms with Crippen molar-refractivity contribution in [3.63, 3.8) is 0 Å². The smallest absolute Gasteiger partial charge is 0.320 e. The highest BCUT2D eigenvalue weighted by molar-refractivity contribution is 7.99. The highest BCUT2D eigenvalue weighted by Gasteiger charge is 2.62. The third kappa shape index (κ3) is 12.5. The van der Waals surface area contributed by atoms with Crippen LogP contribution in [0.1, 0.15) is 114 Å². The maximum Gasteiger partial charge on any atom is 0.320 e. The fourth-order valence-corrected chi connectivity index (χ4v) is 13.0. The Labute approximate surface area is 419 Å². The number of nitrogens with zero attached hydrogens (tertiary/aromatic N) is 1. The van der Waals surface area contributed by atoms with Gasteiger partial charge in [-0.05, 0) is 92.6 Å². The number of esters is 4. The minimum Gasteiger partial charge on any atom is -0.497 e. The second-order valence-corrected chi connectivity index (χ2v) is 22.0. The SMILES string of the molecule is CC[C@H]1OC(=O)[C@H](C)[C@@H](O[C@H]2C[C@@](C)(OC)[C@@H](OC(C)=O)[C@H](C)O2)[C@H](C)[C@@H](O[C@@H]2O[C@H](C)C[C@H](N(C)C)[C@H]2OC(C)=O)[C@](C)(OC)C[C@@H](C)C(=O)[C@H](C)[C@H]2C(SCc3ccc(OC)cc3)C(=O)O[C@@]21C. The van der Waals surface area contributed by atoms with Crippen LogP contribution in [0.25, 0.3) is 0 Å². The van der Waals surface area contributed by atoms with E-state index in [1.54, 1.807) is 35.0 Å². The summed E-state index contributed by atoms with van der Waals surface area (Å²) in [6.45, 7) is 20.9. The number of benzene rings is 1. The molecule has 1 aromatic carbocycles. The summed E-state index contributed by atoms with van der Waals surface area (Å²) in [5, 5.41) is -0.790. The van der Waals surface area contributed by atoms with Gasteiger partial charge in [-0.1, -0.05) is 39.8 Å². The summed E-state index contributed by atoms with van der Waals surface area (Å²) in [7, 11) is 8.46. The van der Waals surface area contributed by atoms with E-state index in [4.69, 9.17) is 52.1 Å². The molecule has 4 aliphatic rings. The molecule has 0 aromatic heterocycles. The number of thioether (sulfide) groups is 1. The van der Waals surface area contributed by atoms with E-state index in [9.17, 15) is 14.4 Å². The molecule has 4 aliphatic heterocycles. The highest BCUT2D eigenvalue weighted by atomic mass is 32.2. The van der Waals surface area contributed by atoms with Gasteiger partial charge in [0.15, 0.2) is 30.4 Å². The summed E-state index contributed by atoms with van der Waals surface area (Å²) >= 11 is 1.39. The second-order valence-electron chi connectivity index (χ2n) is 20.8. The highest BCUT2D eigenvalue weighted by Crippen LogP contribution is 2.50. The maximum absolute atomic E-state index is 15.2. The molecule has 4 heterocycles. The lowest BCUT2D eigenvalue weighted by molar-refractivity contribution is -0.320. The van der Waals surface area contributed by atoms with Crippen LogP contribution < -0.4 is 4.74 Å². The molecular weight excluding hydrogens is 927 g/mol. The van der Waals surface area contributed by atoms with E-state index < -0.39 is 125 Å². The fraction of sp³-hybridized carbons (Fsp3) is 0.788. The number of ether oxygens (including phenoxy) is 11. The zero-order chi connectivity index (χ0) is 52.2. The van der Waals surface area contributed by atoms with Crippen molar-refractivity contribution in [2.45, 2.75) is 198 Å². The Morgan fingerprint density at radius 3 is 1.96 bits per heavy atom. The van der Waals surface area contributed by atoms with E-state index in [1.165, 1.54) is 32.7 Å². The third-order valence-corrected chi connectivity index (χ3v) is 16.7. The Kier molecular flexibility index (Phi) is 19.5. The van der Waals surface area contributed by atoms with Gasteiger partial charge in [-0.25, -0.2) is 0 Å². The molecule has 0 spiro atoms. The number of rotatable bonds is 14. The van der Waals surface area contributed by atoms with Crippen molar-refractivity contribution in [3.8, 4) is 5.75 Å². The Morgan fingerprint density at radius 1 is 0.786 bits per heavy atom. The number of cyclic esters (lactones) is 1. The van der Waals surface area contributed by atoms with Crippen LogP contribution in [-0.4, -0.2) is 153 Å². The van der Waals surface area contributed by atoms with Crippen molar-refractivity contribution in [1.82, 2.24) is 4.90 Å². The van der Waals surface area contributed by atoms with Gasteiger partial charge in [0.05, 0.1) is 49.1 Å². The van der Waals surface area contributed by atoms with Gasteiger partial charge in [0, 0.05) is 63.9 Å². The molecule has 18 heteroatoms. The van der Waals surface area contributed by atoms with Gasteiger partial charge < -0.3 is 57.0 Å². The topological polar surface area (TPSA) is 190 Å². The van der Waals surface area contributed by atoms with Gasteiger partial charge >= 0.3 is 23.9 Å². The molecule has 70 heavy (non-hydrogen) atoms. The van der Waals surface area contributed by atoms with Crippen LogP contribution in [0.4, 0.5) is 0 Å². The number of carbonyl (C=O) groups excluding carboxylic acids is 5. The van der Waals surface area contributed by atoms with Crippen molar-refractivity contribution in [2.75, 3.05) is 35.4 Å². The molecule has 0 amide bonds. The Morgan fingerprint density at radius 2 is 1.40 bits per heavy atom. The molecule has 0 saturated carbocycles. The van der Waals surface area contributed by atoms with Gasteiger partial charge in [0.2, 0.25) is 0 Å². The Bertz CT molecular complexity index is 1970. The van der Waals surface area contributed by atoms with Crippen molar-refractivity contribution < 1.29 is 76.1 Å². The first-order chi connectivity index (χ1) is 32.8. The lowest BCUT2D eigenvalue weighted by Crippen LogP contribution is -2.62. The van der Waals surface area contributed by atoms with E-state index >= 15 is 9.59 Å². The van der Waals surface area contributed by atoms with Crippen molar-refractivity contribution in [1.29, 1.82) is 0 Å². The number of hydrogen-bond donors (Lipinski definition) is 0. The first kappa shape index (κ1) is 57.5. The number of methoxy groups -OCH3 is 3. The zero-order valence-electron chi connectivity index (χ0n) is 44.5. The summed E-state index contributed by atoms with van der Waals surface area (Å²) in [6.07, 6.45) is -6.89. The Hall–Kier alpha value is -3.36. The number of Topliss-reactive ketones (excluding diaryl/α,β-unsaturated/α-hetero) is 1. The van der Waals surface area contributed by atoms with E-state index in [2.05, 4.69) is 0 Å². The van der Waals surface area contributed by atoms with E-state index in [1.807, 2.05) is 91.7 Å². The molecule has 19 atom stereocenters. The maximum atomic E-state index is 15.2. The molecule has 1 aromatic rings. The predicted octanol–water partition coefficient (Wildman–Crippen LogP) is 6.71. The Balaban J connectivity index is 1.66. The van der Waals surface area contributed by atoms with Crippen LogP contribution in [0.15, 0.2) is 24.3 Å². The molecule has 5 rings (SSSR count). The molecule has 4 saturated heterocycles. The number of likely N-dealkylation sites (N-methyl/N-ethyl adjacent to an activating group) is 1. The average molecular weight is 1010 g/mol. The molecule has 0 aliphatic carbocycles. The van der Waals surface area contributed by atoms with Crippen LogP contribution in [0, 0.1) is 29.6 Å². The molecule has 0 N–H and O–H groups in total. The van der Waals surface area contributed by atoms with Gasteiger partial charge in [0.1, 0.15) is 28.5 Å². The fourth-order valence-electron chi connectivity index (χ4n) is 11.5. The first-order valence-electron chi connectivity index (χ1n) is 24.7. The number of carbonyl (C=O) groups is 5. The van der Waals surface area contributed by atoms with Crippen LogP contribution in [-0.2, 0) is 77.1 Å². The molecular formula is C52H81NO16S. The largest absolute Gasteiger partial charge is 0.497 e. The minimum absolute atomic E-state index is 0.0957. The standard InChI is InChI=1S/C52H81NO16S/c1-18-38-52(12)40(44(48(58)69-52)70-26-35-19-21-36(59-15)22-20-35)29(4)41(56)27(2)24-50(10,60-16)45(68-49-43(64-33(8)54)37(53(13)14)23-28(3)62-49)30(5)42(31(6)47(57)66-38)67-39-25-51(11,61-17)46(32(7)63-39)65-34(9)55/h19-22,27-32,37-40,42-46,49H,18,23-26H2,1-17H3/t27-,28-,29-,30+,31-,32+,37+,38-,39+,40+,42+,43-,44?,45-,46+,49+,50-,51-,52-/m1/s1. The van der Waals surface area contributed by atoms with Crippen molar-refractivity contribution in [2.24, 2.45) is 29.6 Å². The van der Waals surface area contributed by atoms with Gasteiger partial charge in [-0.2, -0.15) is 0 Å². The molecule has 17 nitrogen and oxygen atoms in total. The zero-order valence-corrected chi connectivity index (χ0v) is 45.3. The molecule has 1 unspecified atom stereocenters. The predicted molar refractivity (Wildman–Crippen MR) is 260 cm³/mol. The lowest BCUT2D eigenvalue weighted by atomic mass is 9.70. The van der Waals surface area contributed by atoms with E-state index in [0.29, 0.717) is 17.9 Å². The van der Waals surface area contributed by atoms with Crippen LogP contribution in [0.3, 0.4) is 0 Å². The summed E-state index contributed by atoms with van der Waals surface area (Å²) in [5.41, 5.74) is -2.85. The monoisotopic (exact) mass is 1010 g/mol. The first-order valence-corrected chi connectivity index (χ1v) is 25.8. The van der Waals surface area contributed by atoms with Crippen LogP contribution >= 0.6 is 11.8 Å². The summed E-state index contributed by atoms with van der Waals surface area (Å²) in [4.78, 5) is 71.5. The molecule has 0 bridgehead atoms. The van der Waals surface area contributed by atoms with Crippen molar-refractivity contribution >= 4 is 41.4 Å². The minimum atomic E-state index is -1.41. The number of hydrogen-bond acceptors (Lipinski definition) is 18. The number of ketones is 1. The molecule has 396 valence electrons. The van der Waals surface area contributed by atoms with Gasteiger partial charge in [0.25, 0.3) is 0 Å². The third-order valence-electron chi connectivity index (χ3n) is 15.4. The summed E-state index contributed by atoms with van der Waals surface area (Å²) < 4.78 is 69.7. The summed E-state index contributed by atoms with van der Waals surface area (Å²) in [5.74, 6) is -5.15. The van der Waals surface area contributed by atoms with Crippen molar-refractivity contribution in [3.05, 3.63) is 29.8 Å². The summed E-state index contributed by atoms with van der Waals surface area (Å²) in [6, 6.07) is 7.26.